The number of aryl methyl sites for hydroxylation is 1. The molecule has 0 fully saturated rings. The van der Waals surface area contributed by atoms with Crippen LogP contribution in [0.3, 0.4) is 0 Å². The Labute approximate surface area is 202 Å². The number of nitrogens with one attached hydrogen (secondary N) is 1. The Kier molecular flexibility index (Phi) is 8.37. The van der Waals surface area contributed by atoms with E-state index in [0.717, 1.165) is 27.9 Å². The van der Waals surface area contributed by atoms with E-state index in [1.165, 1.54) is 17.3 Å². The second-order valence-corrected chi connectivity index (χ2v) is 9.74. The fourth-order valence-corrected chi connectivity index (χ4v) is 4.40. The van der Waals surface area contributed by atoms with Crippen molar-refractivity contribution in [2.24, 2.45) is 7.05 Å². The molecule has 0 saturated heterocycles. The average molecular weight is 517 g/mol. The Morgan fingerprint density at radius 3 is 2.53 bits per heavy atom. The van der Waals surface area contributed by atoms with Gasteiger partial charge in [-0.1, -0.05) is 60.6 Å². The minimum Gasteiger partial charge on any atom is -0.483 e. The van der Waals surface area contributed by atoms with Gasteiger partial charge in [0.25, 0.3) is 0 Å². The minimum atomic E-state index is -0.264. The average Bonchev–Trinajstić information content (AvgIpc) is 3.14. The SMILES string of the molecule is CCc1ccc(O[C@@H](C)c2nnc(SCC(=O)Nc3ccc(Br)cc3C(C)C)n2C)cc1. The summed E-state index contributed by atoms with van der Waals surface area (Å²) in [6.45, 7) is 8.28. The molecule has 0 aliphatic heterocycles. The summed E-state index contributed by atoms with van der Waals surface area (Å²) in [5.41, 5.74) is 3.20. The first kappa shape index (κ1) is 24.3. The van der Waals surface area contributed by atoms with E-state index >= 15 is 0 Å². The molecule has 6 nitrogen and oxygen atoms in total. The van der Waals surface area contributed by atoms with Gasteiger partial charge in [0.2, 0.25) is 5.91 Å². The molecule has 3 rings (SSSR count). The van der Waals surface area contributed by atoms with E-state index in [1.807, 2.05) is 48.9 Å². The van der Waals surface area contributed by atoms with Crippen LogP contribution in [0.5, 0.6) is 5.75 Å². The number of hydrogen-bond donors (Lipinski definition) is 1. The number of carbonyl (C=O) groups excluding carboxylic acids is 1. The normalized spacial score (nSPS) is 12.1. The first-order valence-electron chi connectivity index (χ1n) is 10.7. The van der Waals surface area contributed by atoms with Crippen molar-refractivity contribution in [2.75, 3.05) is 11.1 Å². The predicted octanol–water partition coefficient (Wildman–Crippen LogP) is 6.13. The van der Waals surface area contributed by atoms with Crippen LogP contribution in [0.1, 0.15) is 56.7 Å². The highest BCUT2D eigenvalue weighted by Crippen LogP contribution is 2.28. The molecule has 0 spiro atoms. The molecule has 1 amide bonds. The molecule has 170 valence electrons. The van der Waals surface area contributed by atoms with Crippen molar-refractivity contribution in [3.8, 4) is 5.75 Å². The molecule has 0 bridgehead atoms. The third-order valence-electron chi connectivity index (χ3n) is 5.12. The molecule has 0 unspecified atom stereocenters. The summed E-state index contributed by atoms with van der Waals surface area (Å²) in [5.74, 6) is 1.97. The van der Waals surface area contributed by atoms with Crippen LogP contribution in [0.25, 0.3) is 0 Å². The summed E-state index contributed by atoms with van der Waals surface area (Å²) >= 11 is 4.85. The number of carbonyl (C=O) groups is 1. The van der Waals surface area contributed by atoms with E-state index in [-0.39, 0.29) is 17.8 Å². The van der Waals surface area contributed by atoms with Crippen molar-refractivity contribution >= 4 is 39.3 Å². The zero-order valence-electron chi connectivity index (χ0n) is 19.1. The third-order valence-corrected chi connectivity index (χ3v) is 6.63. The highest BCUT2D eigenvalue weighted by Gasteiger charge is 2.18. The summed E-state index contributed by atoms with van der Waals surface area (Å²) in [4.78, 5) is 12.6. The molecule has 32 heavy (non-hydrogen) atoms. The third kappa shape index (κ3) is 6.13. The number of amides is 1. The van der Waals surface area contributed by atoms with Crippen molar-refractivity contribution in [1.82, 2.24) is 14.8 Å². The van der Waals surface area contributed by atoms with Crippen LogP contribution in [0.15, 0.2) is 52.1 Å². The van der Waals surface area contributed by atoms with Crippen LogP contribution in [-0.2, 0) is 18.3 Å². The Morgan fingerprint density at radius 1 is 1.16 bits per heavy atom. The van der Waals surface area contributed by atoms with E-state index in [1.54, 1.807) is 0 Å². The second kappa shape index (κ2) is 11.0. The van der Waals surface area contributed by atoms with Gasteiger partial charge in [0.15, 0.2) is 17.1 Å². The Hall–Kier alpha value is -2.32. The Morgan fingerprint density at radius 2 is 1.88 bits per heavy atom. The van der Waals surface area contributed by atoms with E-state index in [9.17, 15) is 4.79 Å². The van der Waals surface area contributed by atoms with Crippen molar-refractivity contribution in [1.29, 1.82) is 0 Å². The smallest absolute Gasteiger partial charge is 0.234 e. The van der Waals surface area contributed by atoms with E-state index in [2.05, 4.69) is 64.3 Å². The number of anilines is 1. The van der Waals surface area contributed by atoms with Crippen molar-refractivity contribution in [2.45, 2.75) is 51.3 Å². The topological polar surface area (TPSA) is 69.0 Å². The standard InChI is InChI=1S/C24H29BrN4O2S/c1-6-17-7-10-19(11-8-17)31-16(4)23-27-28-24(29(23)5)32-14-22(30)26-21-12-9-18(25)13-20(21)15(2)3/h7-13,15-16H,6,14H2,1-5H3,(H,26,30)/t16-/m0/s1. The maximum atomic E-state index is 12.6. The Bertz CT molecular complexity index is 1070. The fraction of sp³-hybridized carbons (Fsp3) is 0.375. The Balaban J connectivity index is 1.60. The summed E-state index contributed by atoms with van der Waals surface area (Å²) < 4.78 is 8.90. The van der Waals surface area contributed by atoms with Gasteiger partial charge in [-0.25, -0.2) is 0 Å². The number of benzene rings is 2. The summed E-state index contributed by atoms with van der Waals surface area (Å²) in [5, 5.41) is 12.2. The van der Waals surface area contributed by atoms with Gasteiger partial charge >= 0.3 is 0 Å². The molecule has 1 N–H and O–H groups in total. The lowest BCUT2D eigenvalue weighted by Crippen LogP contribution is -2.16. The lowest BCUT2D eigenvalue weighted by molar-refractivity contribution is -0.113. The van der Waals surface area contributed by atoms with Crippen LogP contribution >= 0.6 is 27.7 Å². The minimum absolute atomic E-state index is 0.0796. The number of rotatable bonds is 9. The molecule has 1 atom stereocenters. The summed E-state index contributed by atoms with van der Waals surface area (Å²) in [6.07, 6.45) is 0.730. The number of nitrogens with zero attached hydrogens (tertiary/aromatic N) is 3. The van der Waals surface area contributed by atoms with Crippen molar-refractivity contribution < 1.29 is 9.53 Å². The van der Waals surface area contributed by atoms with Gasteiger partial charge in [0.1, 0.15) is 5.75 Å². The molecular weight excluding hydrogens is 488 g/mol. The van der Waals surface area contributed by atoms with Crippen molar-refractivity contribution in [3.63, 3.8) is 0 Å². The van der Waals surface area contributed by atoms with Gasteiger partial charge in [-0.3, -0.25) is 4.79 Å². The number of aromatic nitrogens is 3. The first-order valence-corrected chi connectivity index (χ1v) is 12.4. The molecule has 0 radical (unpaired) electrons. The molecular formula is C24H29BrN4O2S. The first-order chi connectivity index (χ1) is 15.3. The molecule has 2 aromatic carbocycles. The quantitative estimate of drug-likeness (QED) is 0.346. The molecule has 1 heterocycles. The highest BCUT2D eigenvalue weighted by atomic mass is 79.9. The van der Waals surface area contributed by atoms with Crippen LogP contribution in [-0.4, -0.2) is 26.4 Å². The maximum absolute atomic E-state index is 12.6. The van der Waals surface area contributed by atoms with Crippen LogP contribution in [0, 0.1) is 0 Å². The lowest BCUT2D eigenvalue weighted by atomic mass is 10.0. The zero-order valence-corrected chi connectivity index (χ0v) is 21.5. The van der Waals surface area contributed by atoms with Gasteiger partial charge in [-0.2, -0.15) is 0 Å². The summed E-state index contributed by atoms with van der Waals surface area (Å²) in [7, 11) is 1.89. The van der Waals surface area contributed by atoms with E-state index < -0.39 is 0 Å². The van der Waals surface area contributed by atoms with Crippen molar-refractivity contribution in [3.05, 3.63) is 63.9 Å². The second-order valence-electron chi connectivity index (χ2n) is 7.88. The zero-order chi connectivity index (χ0) is 23.3. The van der Waals surface area contributed by atoms with Gasteiger partial charge in [-0.15, -0.1) is 10.2 Å². The molecule has 0 saturated carbocycles. The number of hydrogen-bond acceptors (Lipinski definition) is 5. The highest BCUT2D eigenvalue weighted by molar-refractivity contribution is 9.10. The van der Waals surface area contributed by atoms with Gasteiger partial charge < -0.3 is 14.6 Å². The van der Waals surface area contributed by atoms with Gasteiger partial charge in [0.05, 0.1) is 5.75 Å². The number of halogens is 1. The fourth-order valence-electron chi connectivity index (χ4n) is 3.31. The largest absolute Gasteiger partial charge is 0.483 e. The van der Waals surface area contributed by atoms with Gasteiger partial charge in [0, 0.05) is 17.2 Å². The molecule has 8 heteroatoms. The van der Waals surface area contributed by atoms with Gasteiger partial charge in [-0.05, 0) is 60.7 Å². The summed E-state index contributed by atoms with van der Waals surface area (Å²) in [6, 6.07) is 14.0. The van der Waals surface area contributed by atoms with E-state index in [4.69, 9.17) is 4.74 Å². The maximum Gasteiger partial charge on any atom is 0.234 e. The number of ether oxygens (including phenoxy) is 1. The van der Waals surface area contributed by atoms with E-state index in [0.29, 0.717) is 16.9 Å². The molecule has 0 aliphatic rings. The molecule has 1 aromatic heterocycles. The van der Waals surface area contributed by atoms with Crippen LogP contribution in [0.4, 0.5) is 5.69 Å². The lowest BCUT2D eigenvalue weighted by Gasteiger charge is -2.15. The van der Waals surface area contributed by atoms with Crippen LogP contribution in [0.2, 0.25) is 0 Å². The monoisotopic (exact) mass is 516 g/mol. The molecule has 3 aromatic rings. The predicted molar refractivity (Wildman–Crippen MR) is 133 cm³/mol. The number of thioether (sulfide) groups is 1. The van der Waals surface area contributed by atoms with Crippen LogP contribution < -0.4 is 10.1 Å². The molecule has 0 aliphatic carbocycles.